The lowest BCUT2D eigenvalue weighted by Gasteiger charge is -2.40. The zero-order chi connectivity index (χ0) is 14.0. The van der Waals surface area contributed by atoms with Crippen molar-refractivity contribution < 1.29 is 9.53 Å². The molecule has 0 atom stereocenters. The van der Waals surface area contributed by atoms with E-state index in [0.717, 1.165) is 18.6 Å². The number of rotatable bonds is 5. The second kappa shape index (κ2) is 5.21. The Morgan fingerprint density at radius 2 is 2.11 bits per heavy atom. The lowest BCUT2D eigenvalue weighted by molar-refractivity contribution is -0.123. The Balaban J connectivity index is 1.91. The Bertz CT molecular complexity index is 465. The highest BCUT2D eigenvalue weighted by molar-refractivity contribution is 5.83. The van der Waals surface area contributed by atoms with E-state index in [4.69, 9.17) is 10.5 Å². The van der Waals surface area contributed by atoms with Crippen LogP contribution in [0.4, 0.5) is 0 Å². The van der Waals surface area contributed by atoms with Crippen molar-refractivity contribution in [1.29, 1.82) is 0 Å². The minimum absolute atomic E-state index is 0.308. The van der Waals surface area contributed by atoms with Crippen molar-refractivity contribution in [3.8, 4) is 5.75 Å². The third-order valence-electron chi connectivity index (χ3n) is 3.88. The van der Waals surface area contributed by atoms with Crippen LogP contribution in [0.3, 0.4) is 0 Å². The van der Waals surface area contributed by atoms with E-state index < -0.39 is 5.54 Å². The molecule has 1 fully saturated rings. The lowest BCUT2D eigenvalue weighted by atomic mass is 9.75. The highest BCUT2D eigenvalue weighted by Gasteiger charge is 2.36. The number of nitrogens with one attached hydrogen (secondary N) is 1. The number of carbonyl (C=O) groups is 1. The van der Waals surface area contributed by atoms with E-state index in [1.807, 2.05) is 26.0 Å². The van der Waals surface area contributed by atoms with E-state index in [2.05, 4.69) is 17.4 Å². The summed E-state index contributed by atoms with van der Waals surface area (Å²) >= 11 is 0. The molecule has 0 aliphatic heterocycles. The summed E-state index contributed by atoms with van der Waals surface area (Å²) in [6, 6.07) is 8.54. The van der Waals surface area contributed by atoms with Crippen LogP contribution in [-0.2, 0) is 4.79 Å². The van der Waals surface area contributed by atoms with Crippen molar-refractivity contribution in [2.45, 2.75) is 44.2 Å². The Morgan fingerprint density at radius 3 is 2.68 bits per heavy atom. The summed E-state index contributed by atoms with van der Waals surface area (Å²) in [6.07, 6.45) is 2.06. The highest BCUT2D eigenvalue weighted by atomic mass is 16.5. The molecule has 3 N–H and O–H groups in total. The molecule has 4 heteroatoms. The fourth-order valence-electron chi connectivity index (χ4n) is 2.48. The number of ether oxygens (including phenoxy) is 1. The first-order valence-electron chi connectivity index (χ1n) is 6.64. The van der Waals surface area contributed by atoms with Gasteiger partial charge in [-0.05, 0) is 50.3 Å². The van der Waals surface area contributed by atoms with Crippen LogP contribution in [0.15, 0.2) is 24.3 Å². The Hall–Kier alpha value is -1.55. The highest BCUT2D eigenvalue weighted by Crippen LogP contribution is 2.38. The summed E-state index contributed by atoms with van der Waals surface area (Å²) in [5, 5.41) is 3.31. The smallest absolute Gasteiger partial charge is 0.237 e. The van der Waals surface area contributed by atoms with Crippen LogP contribution < -0.4 is 15.8 Å². The normalized spacial score (nSPS) is 22.7. The van der Waals surface area contributed by atoms with Crippen LogP contribution in [0, 0.1) is 0 Å². The molecule has 1 saturated carbocycles. The van der Waals surface area contributed by atoms with Crippen molar-refractivity contribution in [3.63, 3.8) is 0 Å². The number of hydrogen-bond donors (Lipinski definition) is 2. The largest absolute Gasteiger partial charge is 0.497 e. The molecule has 104 valence electrons. The first-order chi connectivity index (χ1) is 8.92. The molecule has 0 radical (unpaired) electrons. The van der Waals surface area contributed by atoms with Gasteiger partial charge < -0.3 is 15.8 Å². The van der Waals surface area contributed by atoms with Crippen LogP contribution >= 0.6 is 0 Å². The molecule has 0 bridgehead atoms. The molecule has 19 heavy (non-hydrogen) atoms. The van der Waals surface area contributed by atoms with Gasteiger partial charge in [0.2, 0.25) is 5.91 Å². The van der Waals surface area contributed by atoms with Gasteiger partial charge in [0, 0.05) is 6.04 Å². The molecule has 1 amide bonds. The van der Waals surface area contributed by atoms with Gasteiger partial charge in [0.25, 0.3) is 0 Å². The molecule has 0 heterocycles. The van der Waals surface area contributed by atoms with Gasteiger partial charge in [-0.3, -0.25) is 4.79 Å². The van der Waals surface area contributed by atoms with Crippen molar-refractivity contribution in [1.82, 2.24) is 5.32 Å². The summed E-state index contributed by atoms with van der Waals surface area (Å²) < 4.78 is 5.24. The maximum absolute atomic E-state index is 11.3. The predicted molar refractivity (Wildman–Crippen MR) is 75.2 cm³/mol. The summed E-state index contributed by atoms with van der Waals surface area (Å²) in [5.41, 5.74) is 6.03. The fourth-order valence-corrected chi connectivity index (χ4v) is 2.48. The first kappa shape index (κ1) is 13.9. The monoisotopic (exact) mass is 262 g/mol. The minimum Gasteiger partial charge on any atom is -0.497 e. The second-order valence-electron chi connectivity index (χ2n) is 5.78. The number of nitrogens with two attached hydrogens (primary N) is 1. The van der Waals surface area contributed by atoms with Crippen molar-refractivity contribution in [2.24, 2.45) is 5.73 Å². The standard InChI is InChI=1S/C15H22N2O2/c1-15(2,14(16)18)17-12-7-11(8-12)10-5-4-6-13(9-10)19-3/h4-6,9,11-12,17H,7-8H2,1-3H3,(H2,16,18). The summed E-state index contributed by atoms with van der Waals surface area (Å²) in [7, 11) is 1.68. The molecule has 2 rings (SSSR count). The van der Waals surface area contributed by atoms with Gasteiger partial charge >= 0.3 is 0 Å². The van der Waals surface area contributed by atoms with Crippen LogP contribution in [0.1, 0.15) is 38.2 Å². The molecule has 4 nitrogen and oxygen atoms in total. The van der Waals surface area contributed by atoms with Gasteiger partial charge in [-0.15, -0.1) is 0 Å². The van der Waals surface area contributed by atoms with E-state index in [1.54, 1.807) is 7.11 Å². The van der Waals surface area contributed by atoms with E-state index >= 15 is 0 Å². The SMILES string of the molecule is COc1cccc(C2CC(NC(C)(C)C(N)=O)C2)c1. The average Bonchev–Trinajstić information content (AvgIpc) is 2.33. The second-order valence-corrected chi connectivity index (χ2v) is 5.78. The Kier molecular flexibility index (Phi) is 3.80. The topological polar surface area (TPSA) is 64.3 Å². The number of carbonyl (C=O) groups excluding carboxylic acids is 1. The van der Waals surface area contributed by atoms with Crippen molar-refractivity contribution in [2.75, 3.05) is 7.11 Å². The van der Waals surface area contributed by atoms with Crippen LogP contribution in [0.25, 0.3) is 0 Å². The van der Waals surface area contributed by atoms with E-state index in [9.17, 15) is 4.79 Å². The maximum atomic E-state index is 11.3. The molecule has 0 unspecified atom stereocenters. The predicted octanol–water partition coefficient (Wildman–Crippen LogP) is 1.79. The summed E-state index contributed by atoms with van der Waals surface area (Å²) in [4.78, 5) is 11.3. The molecule has 1 aliphatic rings. The van der Waals surface area contributed by atoms with E-state index in [0.29, 0.717) is 12.0 Å². The number of methoxy groups -OCH3 is 1. The minimum atomic E-state index is -0.635. The van der Waals surface area contributed by atoms with Gasteiger partial charge in [-0.1, -0.05) is 12.1 Å². The van der Waals surface area contributed by atoms with Gasteiger partial charge in [0.1, 0.15) is 5.75 Å². The molecule has 1 aromatic rings. The van der Waals surface area contributed by atoms with Gasteiger partial charge in [-0.25, -0.2) is 0 Å². The van der Waals surface area contributed by atoms with E-state index in [1.165, 1.54) is 5.56 Å². The quantitative estimate of drug-likeness (QED) is 0.850. The molecule has 0 aromatic heterocycles. The number of hydrogen-bond acceptors (Lipinski definition) is 3. The van der Waals surface area contributed by atoms with Crippen LogP contribution in [-0.4, -0.2) is 24.6 Å². The lowest BCUT2D eigenvalue weighted by Crippen LogP contribution is -2.57. The van der Waals surface area contributed by atoms with Crippen molar-refractivity contribution in [3.05, 3.63) is 29.8 Å². The molecule has 1 aromatic carbocycles. The average molecular weight is 262 g/mol. The van der Waals surface area contributed by atoms with Gasteiger partial charge in [0.15, 0.2) is 0 Å². The van der Waals surface area contributed by atoms with Gasteiger partial charge in [0.05, 0.1) is 12.6 Å². The third kappa shape index (κ3) is 3.07. The maximum Gasteiger partial charge on any atom is 0.237 e. The molecule has 1 aliphatic carbocycles. The molecule has 0 saturated heterocycles. The number of primary amides is 1. The fraction of sp³-hybridized carbons (Fsp3) is 0.533. The first-order valence-corrected chi connectivity index (χ1v) is 6.64. The third-order valence-corrected chi connectivity index (χ3v) is 3.88. The molecular weight excluding hydrogens is 240 g/mol. The van der Waals surface area contributed by atoms with Crippen LogP contribution in [0.5, 0.6) is 5.75 Å². The van der Waals surface area contributed by atoms with Crippen molar-refractivity contribution >= 4 is 5.91 Å². The Labute approximate surface area is 114 Å². The van der Waals surface area contributed by atoms with E-state index in [-0.39, 0.29) is 5.91 Å². The number of benzene rings is 1. The molecular formula is C15H22N2O2. The zero-order valence-electron chi connectivity index (χ0n) is 11.8. The number of amides is 1. The summed E-state index contributed by atoms with van der Waals surface area (Å²) in [6.45, 7) is 3.66. The van der Waals surface area contributed by atoms with Gasteiger partial charge in [-0.2, -0.15) is 0 Å². The zero-order valence-corrected chi connectivity index (χ0v) is 11.8. The molecule has 0 spiro atoms. The summed E-state index contributed by atoms with van der Waals surface area (Å²) in [5.74, 6) is 1.12. The van der Waals surface area contributed by atoms with Crippen LogP contribution in [0.2, 0.25) is 0 Å². The Morgan fingerprint density at radius 1 is 1.42 bits per heavy atom.